The number of aliphatic hydroxyl groups excluding tert-OH is 1. The van der Waals surface area contributed by atoms with Gasteiger partial charge in [0.1, 0.15) is 0 Å². The molecule has 3 heteroatoms. The quantitative estimate of drug-likeness (QED) is 0.230. The van der Waals surface area contributed by atoms with Gasteiger partial charge >= 0.3 is 0 Å². The van der Waals surface area contributed by atoms with Gasteiger partial charge in [0.25, 0.3) is 0 Å². The number of carbonyl (C=O) groups excluding carboxylic acids is 1. The molecular weight excluding hydrogens is 519 g/mol. The van der Waals surface area contributed by atoms with Gasteiger partial charge in [-0.05, 0) is 48.0 Å². The molecule has 0 amide bonds. The molecule has 0 aliphatic rings. The number of ketones is 1. The number of benzene rings is 2. The summed E-state index contributed by atoms with van der Waals surface area (Å²) in [5, 5.41) is 10.4. The van der Waals surface area contributed by atoms with Gasteiger partial charge in [-0.1, -0.05) is 116 Å². The van der Waals surface area contributed by atoms with E-state index >= 15 is 0 Å². The maximum atomic E-state index is 12.3. The fraction of sp³-hybridized carbons (Fsp3) is 0.567. The molecule has 0 bridgehead atoms. The van der Waals surface area contributed by atoms with Crippen LogP contribution in [0.1, 0.15) is 90.3 Å². The molecule has 2 aromatic rings. The minimum atomic E-state index is -0.330. The summed E-state index contributed by atoms with van der Waals surface area (Å²) in [6.07, 6.45) is 1.72. The molecule has 0 aliphatic carbocycles. The Morgan fingerprint density at radius 2 is 1.15 bits per heavy atom. The molecule has 1 N–H and O–H groups in total. The molecule has 0 saturated heterocycles. The zero-order valence-electron chi connectivity index (χ0n) is 22.0. The smallest absolute Gasteiger partial charge is 0.166 e. The molecule has 2 aromatic carbocycles. The van der Waals surface area contributed by atoms with E-state index in [1.807, 2.05) is 60.7 Å². The van der Waals surface area contributed by atoms with Crippen LogP contribution in [-0.4, -0.2) is 10.9 Å². The van der Waals surface area contributed by atoms with Gasteiger partial charge in [-0.2, -0.15) is 0 Å². The standard InChI is InChI=1S/C15H24O.C15H22O.HI/c2*1-11(2)10-14(12(3)4)15(16)13-8-6-5-7-9-13;/h5-9,11-12,14-16H,10H2,1-4H3;5-9,11-12,14H,10H2,1-4H3;1H. The van der Waals surface area contributed by atoms with Crippen LogP contribution in [0.2, 0.25) is 0 Å². The third-order valence-electron chi connectivity index (χ3n) is 6.07. The Morgan fingerprint density at radius 3 is 1.55 bits per heavy atom. The number of aliphatic hydroxyl groups is 1. The van der Waals surface area contributed by atoms with Crippen molar-refractivity contribution in [1.82, 2.24) is 0 Å². The van der Waals surface area contributed by atoms with Gasteiger partial charge < -0.3 is 5.11 Å². The minimum Gasteiger partial charge on any atom is -0.388 e. The highest BCUT2D eigenvalue weighted by Gasteiger charge is 2.25. The van der Waals surface area contributed by atoms with E-state index in [4.69, 9.17) is 0 Å². The van der Waals surface area contributed by atoms with Gasteiger partial charge in [0.2, 0.25) is 0 Å². The third-order valence-corrected chi connectivity index (χ3v) is 6.07. The lowest BCUT2D eigenvalue weighted by molar-refractivity contribution is 0.0676. The largest absolute Gasteiger partial charge is 0.388 e. The number of hydrogen-bond acceptors (Lipinski definition) is 2. The van der Waals surface area contributed by atoms with Crippen molar-refractivity contribution < 1.29 is 9.90 Å². The fourth-order valence-corrected chi connectivity index (χ4v) is 4.21. The highest BCUT2D eigenvalue weighted by Crippen LogP contribution is 2.33. The molecular formula is C30H47IO2. The molecule has 33 heavy (non-hydrogen) atoms. The van der Waals surface area contributed by atoms with Crippen LogP contribution < -0.4 is 0 Å². The molecule has 0 aliphatic heterocycles. The zero-order chi connectivity index (χ0) is 24.3. The molecule has 0 spiro atoms. The molecule has 2 nitrogen and oxygen atoms in total. The van der Waals surface area contributed by atoms with E-state index in [1.165, 1.54) is 0 Å². The average Bonchev–Trinajstić information content (AvgIpc) is 2.76. The van der Waals surface area contributed by atoms with Crippen LogP contribution in [0.4, 0.5) is 0 Å². The van der Waals surface area contributed by atoms with Crippen LogP contribution in [0.5, 0.6) is 0 Å². The monoisotopic (exact) mass is 566 g/mol. The number of hydrogen-bond donors (Lipinski definition) is 1. The van der Waals surface area contributed by atoms with Gasteiger partial charge in [-0.3, -0.25) is 4.79 Å². The summed E-state index contributed by atoms with van der Waals surface area (Å²) < 4.78 is 0. The third kappa shape index (κ3) is 11.7. The second kappa shape index (κ2) is 16.4. The van der Waals surface area contributed by atoms with E-state index in [2.05, 4.69) is 55.4 Å². The van der Waals surface area contributed by atoms with Crippen molar-refractivity contribution in [2.45, 2.75) is 74.3 Å². The highest BCUT2D eigenvalue weighted by atomic mass is 127. The fourth-order valence-electron chi connectivity index (χ4n) is 4.21. The second-order valence-electron chi connectivity index (χ2n) is 10.6. The van der Waals surface area contributed by atoms with Crippen LogP contribution in [0, 0.1) is 35.5 Å². The summed E-state index contributed by atoms with van der Waals surface area (Å²) in [5.74, 6) is 2.92. The van der Waals surface area contributed by atoms with Gasteiger partial charge in [0.05, 0.1) is 6.10 Å². The van der Waals surface area contributed by atoms with Crippen molar-refractivity contribution in [3.63, 3.8) is 0 Å². The molecule has 0 aromatic heterocycles. The van der Waals surface area contributed by atoms with Crippen molar-refractivity contribution in [3.8, 4) is 0 Å². The molecule has 0 heterocycles. The van der Waals surface area contributed by atoms with Crippen LogP contribution >= 0.6 is 24.0 Å². The minimum absolute atomic E-state index is 0. The van der Waals surface area contributed by atoms with E-state index in [0.717, 1.165) is 24.0 Å². The van der Waals surface area contributed by atoms with Gasteiger partial charge in [0.15, 0.2) is 5.78 Å². The van der Waals surface area contributed by atoms with Gasteiger partial charge in [-0.15, -0.1) is 24.0 Å². The molecule has 0 radical (unpaired) electrons. The first-order valence-electron chi connectivity index (χ1n) is 12.4. The Morgan fingerprint density at radius 1 is 0.697 bits per heavy atom. The first kappa shape index (κ1) is 31.8. The van der Waals surface area contributed by atoms with E-state index in [0.29, 0.717) is 35.4 Å². The maximum absolute atomic E-state index is 12.3. The van der Waals surface area contributed by atoms with Crippen LogP contribution in [0.15, 0.2) is 60.7 Å². The van der Waals surface area contributed by atoms with E-state index in [-0.39, 0.29) is 36.0 Å². The Kier molecular flexibility index (Phi) is 15.8. The molecule has 3 atom stereocenters. The predicted octanol–water partition coefficient (Wildman–Crippen LogP) is 8.84. The van der Waals surface area contributed by atoms with Gasteiger partial charge in [0, 0.05) is 11.5 Å². The summed E-state index contributed by atoms with van der Waals surface area (Å²) in [4.78, 5) is 12.3. The lowest BCUT2D eigenvalue weighted by Crippen LogP contribution is -2.22. The summed E-state index contributed by atoms with van der Waals surface area (Å²) in [7, 11) is 0. The average molecular weight is 567 g/mol. The van der Waals surface area contributed by atoms with Crippen molar-refractivity contribution in [2.24, 2.45) is 35.5 Å². The number of carbonyl (C=O) groups is 1. The van der Waals surface area contributed by atoms with E-state index < -0.39 is 0 Å². The Hall–Kier alpha value is -1.20. The maximum Gasteiger partial charge on any atom is 0.166 e. The first-order chi connectivity index (χ1) is 15.0. The Labute approximate surface area is 220 Å². The number of rotatable bonds is 10. The molecule has 0 fully saturated rings. The van der Waals surface area contributed by atoms with E-state index in [9.17, 15) is 9.90 Å². The highest BCUT2D eigenvalue weighted by molar-refractivity contribution is 14.0. The van der Waals surface area contributed by atoms with Crippen molar-refractivity contribution in [3.05, 3.63) is 71.8 Å². The lowest BCUT2D eigenvalue weighted by Gasteiger charge is -2.28. The topological polar surface area (TPSA) is 37.3 Å². The second-order valence-corrected chi connectivity index (χ2v) is 10.6. The van der Waals surface area contributed by atoms with Crippen LogP contribution in [0.3, 0.4) is 0 Å². The normalized spacial score (nSPS) is 13.8. The first-order valence-corrected chi connectivity index (χ1v) is 12.4. The van der Waals surface area contributed by atoms with Crippen molar-refractivity contribution in [1.29, 1.82) is 0 Å². The van der Waals surface area contributed by atoms with Crippen molar-refractivity contribution in [2.75, 3.05) is 0 Å². The van der Waals surface area contributed by atoms with Crippen LogP contribution in [-0.2, 0) is 0 Å². The number of Topliss-reactive ketones (excluding diaryl/α,β-unsaturated/α-hetero) is 1. The summed E-state index contributed by atoms with van der Waals surface area (Å²) in [6.45, 7) is 17.4. The van der Waals surface area contributed by atoms with Crippen molar-refractivity contribution >= 4 is 29.8 Å². The molecule has 3 unspecified atom stereocenters. The number of halogens is 1. The lowest BCUT2D eigenvalue weighted by atomic mass is 9.81. The molecule has 2 rings (SSSR count). The Balaban J connectivity index is 0.000000602. The van der Waals surface area contributed by atoms with Crippen LogP contribution in [0.25, 0.3) is 0 Å². The summed E-state index contributed by atoms with van der Waals surface area (Å²) in [5.41, 5.74) is 1.89. The van der Waals surface area contributed by atoms with Gasteiger partial charge in [-0.25, -0.2) is 0 Å². The molecule has 0 saturated carbocycles. The predicted molar refractivity (Wildman–Crippen MR) is 153 cm³/mol. The zero-order valence-corrected chi connectivity index (χ0v) is 24.3. The van der Waals surface area contributed by atoms with E-state index in [1.54, 1.807) is 0 Å². The molecule has 186 valence electrons. The Bertz CT molecular complexity index is 753. The summed E-state index contributed by atoms with van der Waals surface area (Å²) in [6, 6.07) is 19.6. The SMILES string of the molecule is CC(C)CC(C(=O)c1ccccc1)C(C)C.CC(C)CC(C(C)C)C(O)c1ccccc1.I. The summed E-state index contributed by atoms with van der Waals surface area (Å²) >= 11 is 0.